The molecule has 0 aliphatic carbocycles. The van der Waals surface area contributed by atoms with Crippen LogP contribution in [0.15, 0.2) is 42.5 Å². The highest BCUT2D eigenvalue weighted by Crippen LogP contribution is 2.27. The van der Waals surface area contributed by atoms with Crippen LogP contribution in [0, 0.1) is 5.82 Å². The Morgan fingerprint density at radius 3 is 2.80 bits per heavy atom. The number of carbonyl (C=O) groups is 1. The van der Waals surface area contributed by atoms with Gasteiger partial charge in [-0.3, -0.25) is 4.79 Å². The summed E-state index contributed by atoms with van der Waals surface area (Å²) in [6.07, 6.45) is 0. The van der Waals surface area contributed by atoms with Crippen molar-refractivity contribution >= 4 is 29.9 Å². The Bertz CT molecular complexity index is 758. The van der Waals surface area contributed by atoms with E-state index in [0.717, 1.165) is 5.56 Å². The van der Waals surface area contributed by atoms with Crippen LogP contribution in [0.3, 0.4) is 0 Å². The van der Waals surface area contributed by atoms with Gasteiger partial charge in [-0.2, -0.15) is 0 Å². The van der Waals surface area contributed by atoms with E-state index in [4.69, 9.17) is 16.3 Å². The van der Waals surface area contributed by atoms with Crippen LogP contribution in [0.1, 0.15) is 22.0 Å². The normalized spacial score (nSPS) is 16.9. The molecule has 1 atom stereocenters. The van der Waals surface area contributed by atoms with Crippen LogP contribution < -0.4 is 10.1 Å². The molecule has 2 aromatic carbocycles. The van der Waals surface area contributed by atoms with Gasteiger partial charge in [0.25, 0.3) is 5.91 Å². The Hall–Kier alpha value is -1.82. The summed E-state index contributed by atoms with van der Waals surface area (Å²) >= 11 is 6.07. The summed E-state index contributed by atoms with van der Waals surface area (Å²) in [5, 5.41) is 3.88. The number of ether oxygens (including phenoxy) is 1. The van der Waals surface area contributed by atoms with Crippen LogP contribution in [0.4, 0.5) is 4.39 Å². The summed E-state index contributed by atoms with van der Waals surface area (Å²) in [4.78, 5) is 14.6. The average Bonchev–Trinajstić information content (AvgIpc) is 2.61. The number of hydrogen-bond acceptors (Lipinski definition) is 3. The minimum atomic E-state index is -0.581. The molecule has 1 saturated heterocycles. The Kier molecular flexibility index (Phi) is 6.64. The summed E-state index contributed by atoms with van der Waals surface area (Å²) in [6.45, 7) is 1.77. The van der Waals surface area contributed by atoms with Gasteiger partial charge in [0.1, 0.15) is 11.6 Å². The maximum absolute atomic E-state index is 14.3. The fraction of sp³-hybridized carbons (Fsp3) is 0.278. The fourth-order valence-electron chi connectivity index (χ4n) is 2.91. The van der Waals surface area contributed by atoms with E-state index in [-0.39, 0.29) is 29.9 Å². The van der Waals surface area contributed by atoms with Crippen LogP contribution >= 0.6 is 24.0 Å². The number of carbonyl (C=O) groups excluding carboxylic acids is 1. The van der Waals surface area contributed by atoms with Gasteiger partial charge >= 0.3 is 0 Å². The van der Waals surface area contributed by atoms with Gasteiger partial charge in [-0.25, -0.2) is 4.39 Å². The van der Waals surface area contributed by atoms with Crippen LogP contribution in [0.25, 0.3) is 0 Å². The number of rotatable bonds is 3. The zero-order valence-corrected chi connectivity index (χ0v) is 15.2. The SMILES string of the molecule is COc1ccc(C(=O)N2CCNCC2c2cccc(Cl)c2)c(F)c1.Cl. The Balaban J connectivity index is 0.00000225. The van der Waals surface area contributed by atoms with Gasteiger partial charge < -0.3 is 15.0 Å². The van der Waals surface area contributed by atoms with Gasteiger partial charge in [-0.05, 0) is 29.8 Å². The minimum absolute atomic E-state index is 0. The smallest absolute Gasteiger partial charge is 0.257 e. The lowest BCUT2D eigenvalue weighted by atomic mass is 10.0. The molecule has 1 N–H and O–H groups in total. The summed E-state index contributed by atoms with van der Waals surface area (Å²) in [7, 11) is 1.46. The van der Waals surface area contributed by atoms with Gasteiger partial charge in [0, 0.05) is 30.7 Å². The lowest BCUT2D eigenvalue weighted by Gasteiger charge is -2.36. The van der Waals surface area contributed by atoms with Crippen molar-refractivity contribution in [2.75, 3.05) is 26.7 Å². The summed E-state index contributed by atoms with van der Waals surface area (Å²) < 4.78 is 19.3. The molecular weight excluding hydrogens is 366 g/mol. The van der Waals surface area contributed by atoms with Gasteiger partial charge in [-0.1, -0.05) is 23.7 Å². The molecule has 1 heterocycles. The largest absolute Gasteiger partial charge is 0.497 e. The summed E-state index contributed by atoms with van der Waals surface area (Å²) in [5.41, 5.74) is 0.974. The van der Waals surface area contributed by atoms with E-state index in [2.05, 4.69) is 5.32 Å². The van der Waals surface area contributed by atoms with Crippen molar-refractivity contribution < 1.29 is 13.9 Å². The Morgan fingerprint density at radius 1 is 1.32 bits per heavy atom. The van der Waals surface area contributed by atoms with Crippen molar-refractivity contribution in [3.63, 3.8) is 0 Å². The monoisotopic (exact) mass is 384 g/mol. The molecule has 1 aliphatic rings. The quantitative estimate of drug-likeness (QED) is 0.876. The molecule has 1 fully saturated rings. The molecule has 2 aromatic rings. The lowest BCUT2D eigenvalue weighted by molar-refractivity contribution is 0.0629. The zero-order chi connectivity index (χ0) is 17.1. The van der Waals surface area contributed by atoms with E-state index in [1.54, 1.807) is 17.0 Å². The number of hydrogen-bond donors (Lipinski definition) is 1. The first-order valence-corrected chi connectivity index (χ1v) is 8.08. The molecule has 25 heavy (non-hydrogen) atoms. The predicted octanol–water partition coefficient (Wildman–Crippen LogP) is 3.70. The van der Waals surface area contributed by atoms with E-state index in [1.807, 2.05) is 18.2 Å². The van der Waals surface area contributed by atoms with Crippen molar-refractivity contribution in [2.45, 2.75) is 6.04 Å². The molecule has 3 rings (SSSR count). The first kappa shape index (κ1) is 19.5. The van der Waals surface area contributed by atoms with Crippen molar-refractivity contribution in [1.29, 1.82) is 0 Å². The second-order valence-electron chi connectivity index (χ2n) is 5.62. The average molecular weight is 385 g/mol. The van der Waals surface area contributed by atoms with E-state index >= 15 is 0 Å². The maximum Gasteiger partial charge on any atom is 0.257 e. The second-order valence-corrected chi connectivity index (χ2v) is 6.06. The fourth-order valence-corrected chi connectivity index (χ4v) is 3.11. The van der Waals surface area contributed by atoms with E-state index in [1.165, 1.54) is 19.2 Å². The highest BCUT2D eigenvalue weighted by molar-refractivity contribution is 6.30. The molecule has 7 heteroatoms. The third kappa shape index (κ3) is 4.24. The van der Waals surface area contributed by atoms with E-state index in [0.29, 0.717) is 30.4 Å². The standard InChI is InChI=1S/C18H18ClFN2O2.ClH/c1-24-14-5-6-15(16(20)10-14)18(23)22-8-7-21-11-17(22)12-3-2-4-13(19)9-12;/h2-6,9-10,17,21H,7-8,11H2,1H3;1H. The molecule has 1 unspecified atom stereocenters. The second kappa shape index (κ2) is 8.52. The van der Waals surface area contributed by atoms with Crippen molar-refractivity contribution in [3.8, 4) is 5.75 Å². The first-order valence-electron chi connectivity index (χ1n) is 7.71. The molecule has 0 radical (unpaired) electrons. The molecule has 134 valence electrons. The van der Waals surface area contributed by atoms with Gasteiger partial charge in [-0.15, -0.1) is 12.4 Å². The number of benzene rings is 2. The molecule has 0 bridgehead atoms. The van der Waals surface area contributed by atoms with Gasteiger partial charge in [0.05, 0.1) is 18.7 Å². The highest BCUT2D eigenvalue weighted by Gasteiger charge is 2.30. The molecule has 0 saturated carbocycles. The highest BCUT2D eigenvalue weighted by atomic mass is 35.5. The Morgan fingerprint density at radius 2 is 2.12 bits per heavy atom. The molecule has 1 aliphatic heterocycles. The molecule has 4 nitrogen and oxygen atoms in total. The molecule has 1 amide bonds. The van der Waals surface area contributed by atoms with Gasteiger partial charge in [0.2, 0.25) is 0 Å². The maximum atomic E-state index is 14.3. The Labute approximate surface area is 157 Å². The summed E-state index contributed by atoms with van der Waals surface area (Å²) in [5.74, 6) is -0.528. The molecule has 0 aromatic heterocycles. The number of nitrogens with one attached hydrogen (secondary N) is 1. The van der Waals surface area contributed by atoms with Crippen LogP contribution in [0.5, 0.6) is 5.75 Å². The number of amides is 1. The van der Waals surface area contributed by atoms with E-state index in [9.17, 15) is 9.18 Å². The third-order valence-corrected chi connectivity index (χ3v) is 4.38. The number of methoxy groups -OCH3 is 1. The molecule has 0 spiro atoms. The first-order chi connectivity index (χ1) is 11.6. The zero-order valence-electron chi connectivity index (χ0n) is 13.7. The lowest BCUT2D eigenvalue weighted by Crippen LogP contribution is -2.48. The minimum Gasteiger partial charge on any atom is -0.497 e. The van der Waals surface area contributed by atoms with Crippen LogP contribution in [-0.2, 0) is 0 Å². The summed E-state index contributed by atoms with van der Waals surface area (Å²) in [6, 6.07) is 11.5. The number of nitrogens with zero attached hydrogens (tertiary/aromatic N) is 1. The van der Waals surface area contributed by atoms with Crippen molar-refractivity contribution in [1.82, 2.24) is 10.2 Å². The topological polar surface area (TPSA) is 41.6 Å². The number of halogens is 3. The third-order valence-electron chi connectivity index (χ3n) is 4.14. The predicted molar refractivity (Wildman–Crippen MR) is 98.3 cm³/mol. The van der Waals surface area contributed by atoms with Crippen molar-refractivity contribution in [3.05, 3.63) is 64.4 Å². The van der Waals surface area contributed by atoms with Gasteiger partial charge in [0.15, 0.2) is 0 Å². The van der Waals surface area contributed by atoms with Crippen LogP contribution in [0.2, 0.25) is 5.02 Å². The van der Waals surface area contributed by atoms with E-state index < -0.39 is 5.82 Å². The molecular formula is C18H19Cl2FN2O2. The van der Waals surface area contributed by atoms with Crippen molar-refractivity contribution in [2.24, 2.45) is 0 Å². The number of piperazine rings is 1. The van der Waals surface area contributed by atoms with Crippen LogP contribution in [-0.4, -0.2) is 37.6 Å².